The van der Waals surface area contributed by atoms with Gasteiger partial charge < -0.3 is 5.32 Å². The molecule has 0 fully saturated rings. The largest absolute Gasteiger partial charge is 0.416 e. The summed E-state index contributed by atoms with van der Waals surface area (Å²) in [6.07, 6.45) is -1.61. The van der Waals surface area contributed by atoms with Crippen LogP contribution in [0.25, 0.3) is 0 Å². The van der Waals surface area contributed by atoms with E-state index in [-0.39, 0.29) is 18.4 Å². The molecule has 0 bridgehead atoms. The molecular formula is C14H15F3N4O. The van der Waals surface area contributed by atoms with Crippen molar-refractivity contribution in [2.75, 3.05) is 0 Å². The van der Waals surface area contributed by atoms with Crippen LogP contribution in [0.2, 0.25) is 0 Å². The molecule has 0 unspecified atom stereocenters. The molecule has 8 heteroatoms. The molecule has 118 valence electrons. The third-order valence-corrected chi connectivity index (χ3v) is 2.95. The molecule has 0 radical (unpaired) electrons. The highest BCUT2D eigenvalue weighted by molar-refractivity contribution is 5.78. The maximum Gasteiger partial charge on any atom is 0.416 e. The first-order valence-electron chi connectivity index (χ1n) is 6.62. The van der Waals surface area contributed by atoms with Gasteiger partial charge in [0.1, 0.15) is 12.7 Å². The third kappa shape index (κ3) is 4.57. The molecule has 1 aromatic carbocycles. The normalized spacial score (nSPS) is 12.9. The summed E-state index contributed by atoms with van der Waals surface area (Å²) in [5, 5.41) is 6.63. The Morgan fingerprint density at radius 3 is 2.82 bits per heavy atom. The van der Waals surface area contributed by atoms with E-state index in [1.165, 1.54) is 24.8 Å². The number of aromatic nitrogens is 3. The van der Waals surface area contributed by atoms with Crippen LogP contribution in [0, 0.1) is 0 Å². The second-order valence-corrected chi connectivity index (χ2v) is 4.96. The molecule has 1 heterocycles. The minimum Gasteiger partial charge on any atom is -0.351 e. The number of halogens is 3. The van der Waals surface area contributed by atoms with Crippen LogP contribution in [0.4, 0.5) is 13.2 Å². The van der Waals surface area contributed by atoms with Gasteiger partial charge in [0.25, 0.3) is 0 Å². The zero-order valence-corrected chi connectivity index (χ0v) is 11.8. The highest BCUT2D eigenvalue weighted by Gasteiger charge is 2.30. The molecular weight excluding hydrogens is 297 g/mol. The molecule has 0 aliphatic carbocycles. The number of carbonyl (C=O) groups is 1. The smallest absolute Gasteiger partial charge is 0.351 e. The van der Waals surface area contributed by atoms with E-state index in [9.17, 15) is 18.0 Å². The minimum atomic E-state index is -4.41. The van der Waals surface area contributed by atoms with Crippen LogP contribution in [0.5, 0.6) is 0 Å². The molecule has 2 rings (SSSR count). The number of amides is 1. The molecule has 0 saturated heterocycles. The van der Waals surface area contributed by atoms with Crippen molar-refractivity contribution in [1.29, 1.82) is 0 Å². The van der Waals surface area contributed by atoms with Crippen molar-refractivity contribution in [3.63, 3.8) is 0 Å². The fourth-order valence-electron chi connectivity index (χ4n) is 2.02. The van der Waals surface area contributed by atoms with Crippen LogP contribution in [0.3, 0.4) is 0 Å². The Labute approximate surface area is 125 Å². The topological polar surface area (TPSA) is 59.8 Å². The van der Waals surface area contributed by atoms with Crippen LogP contribution >= 0.6 is 0 Å². The molecule has 1 N–H and O–H groups in total. The molecule has 0 aliphatic heterocycles. The van der Waals surface area contributed by atoms with Gasteiger partial charge in [-0.1, -0.05) is 18.2 Å². The van der Waals surface area contributed by atoms with Crippen molar-refractivity contribution in [2.24, 2.45) is 0 Å². The Hall–Kier alpha value is -2.38. The lowest BCUT2D eigenvalue weighted by Gasteiger charge is -2.14. The highest BCUT2D eigenvalue weighted by Crippen LogP contribution is 2.29. The van der Waals surface area contributed by atoms with Crippen molar-refractivity contribution in [3.05, 3.63) is 48.0 Å². The summed E-state index contributed by atoms with van der Waals surface area (Å²) in [4.78, 5) is 15.7. The van der Waals surface area contributed by atoms with E-state index in [1.807, 2.05) is 0 Å². The lowest BCUT2D eigenvalue weighted by Crippen LogP contribution is -2.36. The quantitative estimate of drug-likeness (QED) is 0.919. The van der Waals surface area contributed by atoms with Gasteiger partial charge in [0, 0.05) is 6.04 Å². The SMILES string of the molecule is C[C@@H](Cn1cncn1)NC(=O)Cc1cccc(C(F)(F)F)c1. The first kappa shape index (κ1) is 16.0. The molecule has 0 aliphatic rings. The van der Waals surface area contributed by atoms with Gasteiger partial charge in [-0.2, -0.15) is 18.3 Å². The fraction of sp³-hybridized carbons (Fsp3) is 0.357. The van der Waals surface area contributed by atoms with Crippen LogP contribution in [-0.2, 0) is 23.9 Å². The maximum atomic E-state index is 12.6. The summed E-state index contributed by atoms with van der Waals surface area (Å²) < 4.78 is 39.4. The molecule has 22 heavy (non-hydrogen) atoms. The Morgan fingerprint density at radius 1 is 1.41 bits per heavy atom. The Kier molecular flexibility index (Phi) is 4.79. The molecule has 0 saturated carbocycles. The Balaban J connectivity index is 1.91. The Bertz CT molecular complexity index is 625. The van der Waals surface area contributed by atoms with Crippen LogP contribution in [0.1, 0.15) is 18.1 Å². The highest BCUT2D eigenvalue weighted by atomic mass is 19.4. The number of carbonyl (C=O) groups excluding carboxylic acids is 1. The van der Waals surface area contributed by atoms with E-state index in [1.54, 1.807) is 11.6 Å². The van der Waals surface area contributed by atoms with Crippen molar-refractivity contribution in [1.82, 2.24) is 20.1 Å². The van der Waals surface area contributed by atoms with Gasteiger partial charge in [0.15, 0.2) is 0 Å². The van der Waals surface area contributed by atoms with E-state index in [2.05, 4.69) is 15.4 Å². The number of benzene rings is 1. The van der Waals surface area contributed by atoms with Crippen LogP contribution in [0.15, 0.2) is 36.9 Å². The van der Waals surface area contributed by atoms with Crippen molar-refractivity contribution < 1.29 is 18.0 Å². The molecule has 1 amide bonds. The van der Waals surface area contributed by atoms with Gasteiger partial charge in [0.2, 0.25) is 5.91 Å². The number of hydrogen-bond acceptors (Lipinski definition) is 3. The standard InChI is InChI=1S/C14H15F3N4O/c1-10(7-21-9-18-8-19-21)20-13(22)6-11-3-2-4-12(5-11)14(15,16)17/h2-5,8-10H,6-7H2,1H3,(H,20,22)/t10-/m0/s1. The summed E-state index contributed by atoms with van der Waals surface area (Å²) in [6, 6.07) is 4.55. The molecule has 1 aromatic heterocycles. The maximum absolute atomic E-state index is 12.6. The van der Waals surface area contributed by atoms with E-state index in [4.69, 9.17) is 0 Å². The first-order valence-corrected chi connectivity index (χ1v) is 6.62. The van der Waals surface area contributed by atoms with Crippen molar-refractivity contribution in [2.45, 2.75) is 32.1 Å². The van der Waals surface area contributed by atoms with Gasteiger partial charge in [0.05, 0.1) is 18.5 Å². The lowest BCUT2D eigenvalue weighted by molar-refractivity contribution is -0.137. The summed E-state index contributed by atoms with van der Waals surface area (Å²) in [5.74, 6) is -0.341. The monoisotopic (exact) mass is 312 g/mol. The van der Waals surface area contributed by atoms with E-state index < -0.39 is 11.7 Å². The summed E-state index contributed by atoms with van der Waals surface area (Å²) in [7, 11) is 0. The predicted molar refractivity (Wildman–Crippen MR) is 72.8 cm³/mol. The van der Waals surface area contributed by atoms with Gasteiger partial charge in [-0.15, -0.1) is 0 Å². The van der Waals surface area contributed by atoms with Crippen molar-refractivity contribution >= 4 is 5.91 Å². The van der Waals surface area contributed by atoms with Gasteiger partial charge >= 0.3 is 6.18 Å². The van der Waals surface area contributed by atoms with Crippen LogP contribution < -0.4 is 5.32 Å². The summed E-state index contributed by atoms with van der Waals surface area (Å²) in [6.45, 7) is 2.22. The molecule has 5 nitrogen and oxygen atoms in total. The zero-order valence-electron chi connectivity index (χ0n) is 11.8. The number of alkyl halides is 3. The minimum absolute atomic E-state index is 0.106. The Morgan fingerprint density at radius 2 is 2.18 bits per heavy atom. The summed E-state index contributed by atoms with van der Waals surface area (Å²) >= 11 is 0. The van der Waals surface area contributed by atoms with Gasteiger partial charge in [-0.25, -0.2) is 4.98 Å². The third-order valence-electron chi connectivity index (χ3n) is 2.95. The molecule has 1 atom stereocenters. The van der Waals surface area contributed by atoms with E-state index in [0.29, 0.717) is 12.1 Å². The average molecular weight is 312 g/mol. The van der Waals surface area contributed by atoms with Gasteiger partial charge in [-0.3, -0.25) is 9.48 Å². The summed E-state index contributed by atoms with van der Waals surface area (Å²) in [5.41, 5.74) is -0.436. The average Bonchev–Trinajstić information content (AvgIpc) is 2.90. The molecule has 2 aromatic rings. The fourth-order valence-corrected chi connectivity index (χ4v) is 2.02. The number of nitrogens with one attached hydrogen (secondary N) is 1. The second-order valence-electron chi connectivity index (χ2n) is 4.96. The van der Waals surface area contributed by atoms with Crippen molar-refractivity contribution in [3.8, 4) is 0 Å². The number of rotatable bonds is 5. The van der Waals surface area contributed by atoms with E-state index >= 15 is 0 Å². The zero-order chi connectivity index (χ0) is 16.2. The van der Waals surface area contributed by atoms with E-state index in [0.717, 1.165) is 12.1 Å². The number of hydrogen-bond donors (Lipinski definition) is 1. The predicted octanol–water partition coefficient (Wildman–Crippen LogP) is 2.04. The van der Waals surface area contributed by atoms with Gasteiger partial charge in [-0.05, 0) is 18.6 Å². The lowest BCUT2D eigenvalue weighted by atomic mass is 10.1. The molecule has 0 spiro atoms. The number of nitrogens with zero attached hydrogens (tertiary/aromatic N) is 3. The first-order chi connectivity index (χ1) is 10.3. The van der Waals surface area contributed by atoms with Crippen LogP contribution in [-0.4, -0.2) is 26.7 Å². The second kappa shape index (κ2) is 6.59.